The first-order valence-electron chi connectivity index (χ1n) is 11.3. The van der Waals surface area contributed by atoms with Gasteiger partial charge in [0.05, 0.1) is 22.3 Å². The molecule has 0 amide bonds. The van der Waals surface area contributed by atoms with Gasteiger partial charge in [-0.1, -0.05) is 35.7 Å². The second-order valence-corrected chi connectivity index (χ2v) is 10.8. The molecular weight excluding hydrogens is 578 g/mol. The molecule has 4 aromatic rings. The first kappa shape index (κ1) is 27.7. The lowest BCUT2D eigenvalue weighted by Crippen LogP contribution is -2.23. The summed E-state index contributed by atoms with van der Waals surface area (Å²) in [5, 5.41) is 20.8. The van der Waals surface area contributed by atoms with Crippen molar-refractivity contribution in [1.82, 2.24) is 0 Å². The van der Waals surface area contributed by atoms with Crippen molar-refractivity contribution < 1.29 is 46.1 Å². The van der Waals surface area contributed by atoms with Crippen LogP contribution in [0.3, 0.4) is 0 Å². The number of aromatic hydroxyl groups is 2. The third-order valence-corrected chi connectivity index (χ3v) is 8.08. The van der Waals surface area contributed by atoms with Crippen LogP contribution in [0.5, 0.6) is 11.5 Å². The molecule has 0 aliphatic heterocycles. The summed E-state index contributed by atoms with van der Waals surface area (Å²) in [7, 11) is 0. The fraction of sp³-hybridized carbons (Fsp3) is 0.0714. The molecule has 0 saturated heterocycles. The number of benzene rings is 4. The fourth-order valence-electron chi connectivity index (χ4n) is 4.20. The van der Waals surface area contributed by atoms with Crippen molar-refractivity contribution in [3.05, 3.63) is 106 Å². The number of phenols is 2. The van der Waals surface area contributed by atoms with E-state index in [9.17, 15) is 46.1 Å². The number of hydrogen-bond donors (Lipinski definition) is 2. The van der Waals surface area contributed by atoms with Crippen LogP contribution in [0.2, 0.25) is 0 Å². The average Bonchev–Trinajstić information content (AvgIpc) is 2.88. The number of halogens is 6. The minimum Gasteiger partial charge on any atom is -0.507 e. The van der Waals surface area contributed by atoms with E-state index in [1.165, 1.54) is 36.4 Å². The van der Waals surface area contributed by atoms with Crippen molar-refractivity contribution in [1.29, 1.82) is 0 Å². The maximum absolute atomic E-state index is 13.7. The lowest BCUT2D eigenvalue weighted by molar-refractivity contribution is -0.138. The highest BCUT2D eigenvalue weighted by Gasteiger charge is 2.39. The van der Waals surface area contributed by atoms with Crippen LogP contribution in [0.1, 0.15) is 43.0 Å². The highest BCUT2D eigenvalue weighted by molar-refractivity contribution is 8.00. The molecule has 0 atom stereocenters. The minimum atomic E-state index is -4.63. The number of alkyl halides is 6. The van der Waals surface area contributed by atoms with Gasteiger partial charge in [-0.25, -0.2) is 0 Å². The molecule has 2 N–H and O–H groups in total. The maximum Gasteiger partial charge on any atom is 0.416 e. The number of carbonyl (C=O) groups is 2. The summed E-state index contributed by atoms with van der Waals surface area (Å²) in [6.45, 7) is 0. The van der Waals surface area contributed by atoms with Crippen molar-refractivity contribution >= 4 is 35.1 Å². The zero-order chi connectivity index (χ0) is 29.0. The summed E-state index contributed by atoms with van der Waals surface area (Å²) < 4.78 is 79.6. The number of hydrogen-bond acceptors (Lipinski definition) is 6. The van der Waals surface area contributed by atoms with E-state index in [2.05, 4.69) is 0 Å². The number of phenolic OH excluding ortho intramolecular Hbond substituents is 2. The van der Waals surface area contributed by atoms with Gasteiger partial charge in [0.15, 0.2) is 11.6 Å². The molecule has 1 aliphatic rings. The molecule has 40 heavy (non-hydrogen) atoms. The van der Waals surface area contributed by atoms with Gasteiger partial charge in [0.2, 0.25) is 0 Å². The molecule has 0 fully saturated rings. The molecule has 0 aromatic heterocycles. The predicted molar refractivity (Wildman–Crippen MR) is 134 cm³/mol. The summed E-state index contributed by atoms with van der Waals surface area (Å²) in [5.74, 6) is -2.94. The smallest absolute Gasteiger partial charge is 0.416 e. The summed E-state index contributed by atoms with van der Waals surface area (Å²) in [6.07, 6.45) is -9.26. The average molecular weight is 593 g/mol. The van der Waals surface area contributed by atoms with Crippen molar-refractivity contribution in [3.63, 3.8) is 0 Å². The number of rotatable bonds is 4. The van der Waals surface area contributed by atoms with Gasteiger partial charge in [0.1, 0.15) is 11.5 Å². The Balaban J connectivity index is 1.68. The largest absolute Gasteiger partial charge is 0.507 e. The quantitative estimate of drug-likeness (QED) is 0.162. The molecule has 4 nitrogen and oxygen atoms in total. The number of ketones is 2. The Labute approximate surface area is 230 Å². The van der Waals surface area contributed by atoms with Crippen LogP contribution in [-0.2, 0) is 12.4 Å². The van der Waals surface area contributed by atoms with Gasteiger partial charge in [-0.15, -0.1) is 0 Å². The normalized spacial score (nSPS) is 13.2. The molecule has 0 spiro atoms. The van der Waals surface area contributed by atoms with E-state index in [0.717, 1.165) is 59.9 Å². The Kier molecular flexibility index (Phi) is 6.87. The number of fused-ring (bicyclic) bond motifs is 2. The second-order valence-electron chi connectivity index (χ2n) is 8.58. The van der Waals surface area contributed by atoms with E-state index in [0.29, 0.717) is 0 Å². The van der Waals surface area contributed by atoms with Gasteiger partial charge >= 0.3 is 12.4 Å². The summed E-state index contributed by atoms with van der Waals surface area (Å²) in [5.41, 5.74) is -3.33. The predicted octanol–water partition coefficient (Wildman–Crippen LogP) is 8.21. The molecule has 1 aliphatic carbocycles. The summed E-state index contributed by atoms with van der Waals surface area (Å²) >= 11 is 1.54. The van der Waals surface area contributed by atoms with Gasteiger partial charge in [0.25, 0.3) is 0 Å². The van der Waals surface area contributed by atoms with Crippen LogP contribution in [0, 0.1) is 0 Å². The minimum absolute atomic E-state index is 0.0782. The molecule has 0 unspecified atom stereocenters. The SMILES string of the molecule is O=C1c2c(O)ccc(O)c2C(=O)c2c(Sc3cccc(C(F)(F)F)c3)ccc(Sc3cccc(C(F)(F)F)c3)c21. The zero-order valence-corrected chi connectivity index (χ0v) is 21.4. The fourth-order valence-corrected chi connectivity index (χ4v) is 6.24. The standard InChI is InChI=1S/C28H14F6O4S2/c29-27(30,31)13-3-1-5-15(11-13)39-19-9-10-20(40-16-6-2-4-14(12-16)28(32,33)34)24-23(19)25(37)21-17(35)7-8-18(36)22(21)26(24)38/h1-12,35-36H. The lowest BCUT2D eigenvalue weighted by atomic mass is 9.83. The van der Waals surface area contributed by atoms with Gasteiger partial charge in [-0.05, 0) is 60.7 Å². The molecule has 5 rings (SSSR count). The third-order valence-electron chi connectivity index (χ3n) is 5.98. The molecule has 0 saturated carbocycles. The molecule has 0 heterocycles. The van der Waals surface area contributed by atoms with Crippen LogP contribution in [0.25, 0.3) is 0 Å². The van der Waals surface area contributed by atoms with Gasteiger partial charge in [0, 0.05) is 30.7 Å². The first-order valence-corrected chi connectivity index (χ1v) is 12.9. The monoisotopic (exact) mass is 592 g/mol. The molecule has 0 radical (unpaired) electrons. The Morgan fingerprint density at radius 3 is 1.25 bits per heavy atom. The molecule has 204 valence electrons. The van der Waals surface area contributed by atoms with Crippen molar-refractivity contribution in [3.8, 4) is 11.5 Å². The second kappa shape index (κ2) is 9.93. The van der Waals surface area contributed by atoms with E-state index in [-0.39, 0.29) is 30.7 Å². The van der Waals surface area contributed by atoms with E-state index in [1.54, 1.807) is 0 Å². The molecule has 0 bridgehead atoms. The van der Waals surface area contributed by atoms with Crippen LogP contribution >= 0.6 is 23.5 Å². The Morgan fingerprint density at radius 2 is 0.900 bits per heavy atom. The van der Waals surface area contributed by atoms with Crippen LogP contribution in [0.4, 0.5) is 26.3 Å². The third kappa shape index (κ3) is 5.04. The Bertz CT molecular complexity index is 1570. The summed E-state index contributed by atoms with van der Waals surface area (Å²) in [6, 6.07) is 13.4. The van der Waals surface area contributed by atoms with Crippen LogP contribution in [0.15, 0.2) is 92.4 Å². The molecular formula is C28H14F6O4S2. The van der Waals surface area contributed by atoms with Crippen molar-refractivity contribution in [2.75, 3.05) is 0 Å². The summed E-state index contributed by atoms with van der Waals surface area (Å²) in [4.78, 5) is 27.7. The van der Waals surface area contributed by atoms with Gasteiger partial charge < -0.3 is 10.2 Å². The lowest BCUT2D eigenvalue weighted by Gasteiger charge is -2.24. The van der Waals surface area contributed by atoms with E-state index in [1.807, 2.05) is 0 Å². The zero-order valence-electron chi connectivity index (χ0n) is 19.7. The van der Waals surface area contributed by atoms with Crippen molar-refractivity contribution in [2.24, 2.45) is 0 Å². The number of carbonyl (C=O) groups excluding carboxylic acids is 2. The first-order chi connectivity index (χ1) is 18.8. The van der Waals surface area contributed by atoms with Crippen LogP contribution < -0.4 is 0 Å². The highest BCUT2D eigenvalue weighted by atomic mass is 32.2. The maximum atomic E-state index is 13.7. The van der Waals surface area contributed by atoms with E-state index >= 15 is 0 Å². The molecule has 4 aromatic carbocycles. The van der Waals surface area contributed by atoms with Crippen molar-refractivity contribution in [2.45, 2.75) is 31.9 Å². The highest BCUT2D eigenvalue weighted by Crippen LogP contribution is 2.47. The van der Waals surface area contributed by atoms with E-state index in [4.69, 9.17) is 0 Å². The van der Waals surface area contributed by atoms with E-state index < -0.39 is 57.7 Å². The topological polar surface area (TPSA) is 74.6 Å². The van der Waals surface area contributed by atoms with Gasteiger partial charge in [-0.2, -0.15) is 26.3 Å². The Hall–Kier alpha value is -3.90. The molecule has 12 heteroatoms. The Morgan fingerprint density at radius 1 is 0.525 bits per heavy atom. The van der Waals surface area contributed by atoms with Gasteiger partial charge in [-0.3, -0.25) is 9.59 Å². The van der Waals surface area contributed by atoms with Crippen LogP contribution in [-0.4, -0.2) is 21.8 Å².